The van der Waals surface area contributed by atoms with E-state index in [0.717, 1.165) is 44.2 Å². The first-order valence-corrected chi connectivity index (χ1v) is 15.3. The van der Waals surface area contributed by atoms with Crippen LogP contribution in [0.3, 0.4) is 0 Å². The Morgan fingerprint density at radius 1 is 1.03 bits per heavy atom. The molecule has 206 valence electrons. The van der Waals surface area contributed by atoms with Crippen molar-refractivity contribution in [1.29, 1.82) is 10.8 Å². The first kappa shape index (κ1) is 28.5. The monoisotopic (exact) mass is 537 g/mol. The first-order chi connectivity index (χ1) is 18.0. The van der Waals surface area contributed by atoms with Crippen LogP contribution in [-0.2, 0) is 15.4 Å². The largest absolute Gasteiger partial charge is 0.316 e. The summed E-state index contributed by atoms with van der Waals surface area (Å²) in [6.07, 6.45) is 5.05. The van der Waals surface area contributed by atoms with Gasteiger partial charge < -0.3 is 4.90 Å². The van der Waals surface area contributed by atoms with Crippen LogP contribution in [0.1, 0.15) is 65.4 Å². The van der Waals surface area contributed by atoms with E-state index in [0.29, 0.717) is 30.3 Å². The molecule has 2 aliphatic rings. The van der Waals surface area contributed by atoms with Crippen LogP contribution in [0.25, 0.3) is 0 Å². The third kappa shape index (κ3) is 6.19. The van der Waals surface area contributed by atoms with Gasteiger partial charge in [-0.25, -0.2) is 13.1 Å². The summed E-state index contributed by atoms with van der Waals surface area (Å²) in [7, 11) is -3.60. The van der Waals surface area contributed by atoms with Crippen molar-refractivity contribution in [2.24, 2.45) is 5.92 Å². The van der Waals surface area contributed by atoms with Crippen LogP contribution in [0.15, 0.2) is 65.6 Å². The lowest BCUT2D eigenvalue weighted by atomic mass is 9.79. The molecule has 4 rings (SSSR count). The molecule has 2 fully saturated rings. The van der Waals surface area contributed by atoms with Gasteiger partial charge in [-0.3, -0.25) is 15.7 Å². The van der Waals surface area contributed by atoms with E-state index in [1.165, 1.54) is 0 Å². The lowest BCUT2D eigenvalue weighted by Gasteiger charge is -2.45. The molecule has 0 aliphatic carbocycles. The highest BCUT2D eigenvalue weighted by Crippen LogP contribution is 2.39. The predicted octanol–water partition coefficient (Wildman–Crippen LogP) is 5.24. The zero-order valence-corrected chi connectivity index (χ0v) is 24.0. The average Bonchev–Trinajstić information content (AvgIpc) is 3.14. The van der Waals surface area contributed by atoms with E-state index >= 15 is 0 Å². The summed E-state index contributed by atoms with van der Waals surface area (Å²) < 4.78 is 29.0. The molecular formula is C30H43N5O2S. The molecule has 2 aromatic carbocycles. The number of nitrogens with zero attached hydrogens (tertiary/aromatic N) is 2. The van der Waals surface area contributed by atoms with E-state index in [9.17, 15) is 8.42 Å². The lowest BCUT2D eigenvalue weighted by Crippen LogP contribution is -2.54. The third-order valence-electron chi connectivity index (χ3n) is 8.49. The number of amidine groups is 2. The zero-order valence-electron chi connectivity index (χ0n) is 23.2. The van der Waals surface area contributed by atoms with Gasteiger partial charge in [-0.05, 0) is 63.3 Å². The van der Waals surface area contributed by atoms with Gasteiger partial charge >= 0.3 is 0 Å². The predicted molar refractivity (Wildman–Crippen MR) is 154 cm³/mol. The number of sulfonamides is 1. The molecule has 2 heterocycles. The minimum absolute atomic E-state index is 0.0947. The molecule has 0 aromatic heterocycles. The molecule has 0 amide bonds. The molecule has 2 aliphatic heterocycles. The SMILES string of the molecule is CC(=N)N(C(=N)C(C)C)C1CC2CCC(C1)N2CCC(C)(CNS(=O)(=O)c1ccccc1)c1ccccc1. The summed E-state index contributed by atoms with van der Waals surface area (Å²) in [5.74, 6) is 1.10. The fourth-order valence-corrected chi connectivity index (χ4v) is 7.43. The maximum absolute atomic E-state index is 13.0. The number of piperidine rings is 1. The molecule has 2 bridgehead atoms. The number of hydrogen-bond donors (Lipinski definition) is 3. The average molecular weight is 538 g/mol. The van der Waals surface area contributed by atoms with Crippen molar-refractivity contribution in [1.82, 2.24) is 14.5 Å². The molecule has 0 spiro atoms. The smallest absolute Gasteiger partial charge is 0.240 e. The van der Waals surface area contributed by atoms with Gasteiger partial charge in [0.1, 0.15) is 5.84 Å². The Bertz CT molecular complexity index is 1200. The van der Waals surface area contributed by atoms with Gasteiger partial charge in [0.2, 0.25) is 10.0 Å². The van der Waals surface area contributed by atoms with Crippen LogP contribution in [0.4, 0.5) is 0 Å². The van der Waals surface area contributed by atoms with Crippen molar-refractivity contribution in [2.75, 3.05) is 13.1 Å². The Morgan fingerprint density at radius 2 is 1.58 bits per heavy atom. The highest BCUT2D eigenvalue weighted by Gasteiger charge is 2.44. The quantitative estimate of drug-likeness (QED) is 0.285. The van der Waals surface area contributed by atoms with Gasteiger partial charge in [0, 0.05) is 36.0 Å². The summed E-state index contributed by atoms with van der Waals surface area (Å²) in [6.45, 7) is 9.23. The summed E-state index contributed by atoms with van der Waals surface area (Å²) in [4.78, 5) is 4.87. The fraction of sp³-hybridized carbons (Fsp3) is 0.533. The van der Waals surface area contributed by atoms with E-state index in [1.807, 2.05) is 43.0 Å². The van der Waals surface area contributed by atoms with Gasteiger partial charge in [-0.2, -0.15) is 0 Å². The second-order valence-corrected chi connectivity index (χ2v) is 13.3. The molecule has 0 saturated carbocycles. The van der Waals surface area contributed by atoms with Crippen molar-refractivity contribution in [3.63, 3.8) is 0 Å². The lowest BCUT2D eigenvalue weighted by molar-refractivity contribution is 0.0937. The Morgan fingerprint density at radius 3 is 2.11 bits per heavy atom. The Kier molecular flexibility index (Phi) is 8.75. The second kappa shape index (κ2) is 11.7. The van der Waals surface area contributed by atoms with Crippen LogP contribution in [0, 0.1) is 16.7 Å². The minimum Gasteiger partial charge on any atom is -0.316 e. The topological polar surface area (TPSA) is 100 Å². The van der Waals surface area contributed by atoms with Gasteiger partial charge in [0.25, 0.3) is 0 Å². The molecule has 38 heavy (non-hydrogen) atoms. The van der Waals surface area contributed by atoms with Gasteiger partial charge in [0.15, 0.2) is 0 Å². The van der Waals surface area contributed by atoms with Crippen LogP contribution in [0.2, 0.25) is 0 Å². The number of benzene rings is 2. The first-order valence-electron chi connectivity index (χ1n) is 13.8. The number of fused-ring (bicyclic) bond motifs is 2. The maximum Gasteiger partial charge on any atom is 0.240 e. The molecule has 2 aromatic rings. The van der Waals surface area contributed by atoms with Crippen molar-refractivity contribution in [2.45, 2.75) is 88.2 Å². The molecule has 3 unspecified atom stereocenters. The standard InChI is InChI=1S/C30H43N5O2S/c1-22(2)29(32)35(23(3)31)27-19-25-15-16-26(20-27)34(25)18-17-30(4,24-11-7-5-8-12-24)21-33-38(36,37)28-13-9-6-10-14-28/h5-14,22,25-27,31-33H,15-21H2,1-4H3. The van der Waals surface area contributed by atoms with E-state index < -0.39 is 10.0 Å². The van der Waals surface area contributed by atoms with Gasteiger partial charge in [-0.15, -0.1) is 0 Å². The van der Waals surface area contributed by atoms with E-state index in [2.05, 4.69) is 28.7 Å². The van der Waals surface area contributed by atoms with Crippen LogP contribution < -0.4 is 4.72 Å². The molecule has 3 N–H and O–H groups in total. The fourth-order valence-electron chi connectivity index (χ4n) is 6.24. The van der Waals surface area contributed by atoms with Gasteiger partial charge in [0.05, 0.1) is 10.7 Å². The highest BCUT2D eigenvalue weighted by molar-refractivity contribution is 7.89. The van der Waals surface area contributed by atoms with Gasteiger partial charge in [-0.1, -0.05) is 69.3 Å². The summed E-state index contributed by atoms with van der Waals surface area (Å²) in [6, 6.07) is 19.9. The van der Waals surface area contributed by atoms with Crippen LogP contribution >= 0.6 is 0 Å². The number of hydrogen-bond acceptors (Lipinski definition) is 5. The molecule has 2 saturated heterocycles. The maximum atomic E-state index is 13.0. The Hall–Kier alpha value is -2.55. The second-order valence-electron chi connectivity index (χ2n) is 11.6. The number of rotatable bonds is 10. The molecule has 8 heteroatoms. The van der Waals surface area contributed by atoms with Crippen molar-refractivity contribution < 1.29 is 8.42 Å². The van der Waals surface area contributed by atoms with E-state index in [1.54, 1.807) is 31.2 Å². The van der Waals surface area contributed by atoms with E-state index in [-0.39, 0.29) is 22.3 Å². The third-order valence-corrected chi connectivity index (χ3v) is 9.91. The normalized spacial score (nSPS) is 23.2. The van der Waals surface area contributed by atoms with Crippen molar-refractivity contribution in [3.8, 4) is 0 Å². The molecular weight excluding hydrogens is 494 g/mol. The van der Waals surface area contributed by atoms with Crippen molar-refractivity contribution >= 4 is 21.7 Å². The summed E-state index contributed by atoms with van der Waals surface area (Å²) >= 11 is 0. The Balaban J connectivity index is 1.48. The highest BCUT2D eigenvalue weighted by atomic mass is 32.2. The summed E-state index contributed by atoms with van der Waals surface area (Å²) in [5, 5.41) is 16.9. The van der Waals surface area contributed by atoms with E-state index in [4.69, 9.17) is 10.8 Å². The Labute approximate surface area is 228 Å². The summed E-state index contributed by atoms with van der Waals surface area (Å²) in [5.41, 5.74) is 0.769. The molecule has 0 radical (unpaired) electrons. The molecule has 7 nitrogen and oxygen atoms in total. The zero-order chi connectivity index (χ0) is 27.5. The minimum atomic E-state index is -3.60. The van der Waals surface area contributed by atoms with Crippen molar-refractivity contribution in [3.05, 3.63) is 66.2 Å². The number of nitrogens with one attached hydrogen (secondary N) is 3. The van der Waals surface area contributed by atoms with Crippen LogP contribution in [-0.4, -0.2) is 61.1 Å². The van der Waals surface area contributed by atoms with Crippen LogP contribution in [0.5, 0.6) is 0 Å². The molecule has 3 atom stereocenters.